The van der Waals surface area contributed by atoms with E-state index in [1.807, 2.05) is 0 Å². The fourth-order valence-electron chi connectivity index (χ4n) is 1.89. The average Bonchev–Trinajstić information content (AvgIpc) is 2.69. The third-order valence-corrected chi connectivity index (χ3v) is 4.73. The minimum Gasteiger partial charge on any atom is -0.336 e. The van der Waals surface area contributed by atoms with Crippen LogP contribution in [0.5, 0.6) is 0 Å². The Kier molecular flexibility index (Phi) is 3.20. The van der Waals surface area contributed by atoms with Crippen molar-refractivity contribution in [2.75, 3.05) is 18.6 Å². The van der Waals surface area contributed by atoms with Gasteiger partial charge in [-0.25, -0.2) is 13.5 Å². The summed E-state index contributed by atoms with van der Waals surface area (Å²) in [6.45, 7) is 0. The van der Waals surface area contributed by atoms with Gasteiger partial charge in [-0.3, -0.25) is 9.59 Å². The molecule has 1 aromatic rings. The van der Waals surface area contributed by atoms with Gasteiger partial charge in [0, 0.05) is 19.2 Å². The van der Waals surface area contributed by atoms with E-state index in [0.29, 0.717) is 6.42 Å². The number of nitrogens with zero attached hydrogens (tertiary/aromatic N) is 2. The summed E-state index contributed by atoms with van der Waals surface area (Å²) < 4.78 is 22.7. The second-order valence-corrected chi connectivity index (χ2v) is 6.51. The highest BCUT2D eigenvalue weighted by Crippen LogP contribution is 2.17. The molecule has 0 aromatic carbocycles. The van der Waals surface area contributed by atoms with E-state index < -0.39 is 21.3 Å². The smallest absolute Gasteiger partial charge is 0.274 e. The van der Waals surface area contributed by atoms with Gasteiger partial charge in [0.1, 0.15) is 5.69 Å². The Labute approximate surface area is 104 Å². The molecule has 8 heteroatoms. The first-order valence-corrected chi connectivity index (χ1v) is 7.24. The van der Waals surface area contributed by atoms with Crippen LogP contribution in [0.3, 0.4) is 0 Å². The van der Waals surface area contributed by atoms with Gasteiger partial charge >= 0.3 is 0 Å². The second kappa shape index (κ2) is 4.52. The number of H-pyrrole nitrogens is 1. The Morgan fingerprint density at radius 2 is 2.22 bits per heavy atom. The van der Waals surface area contributed by atoms with E-state index in [9.17, 15) is 18.0 Å². The van der Waals surface area contributed by atoms with Crippen LogP contribution in [-0.4, -0.2) is 54.0 Å². The first kappa shape index (κ1) is 12.7. The maximum Gasteiger partial charge on any atom is 0.274 e. The third-order valence-electron chi connectivity index (χ3n) is 2.97. The van der Waals surface area contributed by atoms with Gasteiger partial charge in [-0.1, -0.05) is 0 Å². The Balaban J connectivity index is 2.14. The molecule has 1 N–H and O–H groups in total. The molecule has 0 bridgehead atoms. The molecule has 1 saturated heterocycles. The summed E-state index contributed by atoms with van der Waals surface area (Å²) in [7, 11) is -1.49. The van der Waals surface area contributed by atoms with Gasteiger partial charge < -0.3 is 4.90 Å². The molecule has 1 fully saturated rings. The predicted octanol–water partition coefficient (Wildman–Crippen LogP) is -0.971. The lowest BCUT2D eigenvalue weighted by Gasteiger charge is -2.22. The van der Waals surface area contributed by atoms with Gasteiger partial charge in [0.25, 0.3) is 11.5 Å². The zero-order chi connectivity index (χ0) is 13.3. The van der Waals surface area contributed by atoms with Crippen LogP contribution in [0.4, 0.5) is 0 Å². The maximum atomic E-state index is 12.0. The van der Waals surface area contributed by atoms with Crippen molar-refractivity contribution in [1.29, 1.82) is 0 Å². The van der Waals surface area contributed by atoms with E-state index >= 15 is 0 Å². The number of aromatic amines is 1. The highest BCUT2D eigenvalue weighted by Gasteiger charge is 2.33. The summed E-state index contributed by atoms with van der Waals surface area (Å²) in [6.07, 6.45) is 0.438. The fourth-order valence-corrected chi connectivity index (χ4v) is 3.67. The topological polar surface area (TPSA) is 100 Å². The number of sulfone groups is 1. The number of carbonyl (C=O) groups excluding carboxylic acids is 1. The van der Waals surface area contributed by atoms with Crippen LogP contribution in [0.1, 0.15) is 16.9 Å². The summed E-state index contributed by atoms with van der Waals surface area (Å²) in [6, 6.07) is 2.21. The van der Waals surface area contributed by atoms with Crippen LogP contribution in [0, 0.1) is 0 Å². The number of carbonyl (C=O) groups is 1. The quantitative estimate of drug-likeness (QED) is 0.746. The highest BCUT2D eigenvalue weighted by molar-refractivity contribution is 7.91. The number of amides is 1. The molecular weight excluding hydrogens is 258 g/mol. The van der Waals surface area contributed by atoms with Crippen molar-refractivity contribution >= 4 is 15.7 Å². The lowest BCUT2D eigenvalue weighted by atomic mass is 10.2. The normalized spacial score (nSPS) is 21.7. The van der Waals surface area contributed by atoms with Crippen molar-refractivity contribution in [2.24, 2.45) is 0 Å². The molecule has 1 aliphatic rings. The van der Waals surface area contributed by atoms with Crippen LogP contribution in [-0.2, 0) is 9.84 Å². The van der Waals surface area contributed by atoms with Gasteiger partial charge in [-0.05, 0) is 12.5 Å². The Bertz CT molecular complexity index is 602. The van der Waals surface area contributed by atoms with Crippen molar-refractivity contribution in [3.05, 3.63) is 28.2 Å². The number of aromatic nitrogens is 2. The summed E-state index contributed by atoms with van der Waals surface area (Å²) in [5.41, 5.74) is -0.293. The summed E-state index contributed by atoms with van der Waals surface area (Å²) in [5, 5.41) is 5.80. The molecular formula is C10H13N3O4S. The molecule has 1 aromatic heterocycles. The minimum absolute atomic E-state index is 0.0153. The van der Waals surface area contributed by atoms with E-state index in [2.05, 4.69) is 10.2 Å². The van der Waals surface area contributed by atoms with E-state index in [1.54, 1.807) is 7.05 Å². The third kappa shape index (κ3) is 2.58. The molecule has 0 saturated carbocycles. The van der Waals surface area contributed by atoms with Crippen LogP contribution in [0.2, 0.25) is 0 Å². The highest BCUT2D eigenvalue weighted by atomic mass is 32.2. The van der Waals surface area contributed by atoms with Crippen LogP contribution >= 0.6 is 0 Å². The van der Waals surface area contributed by atoms with E-state index in [1.165, 1.54) is 17.0 Å². The Hall–Kier alpha value is -1.70. The first-order valence-electron chi connectivity index (χ1n) is 5.42. The number of hydrogen-bond acceptors (Lipinski definition) is 5. The van der Waals surface area contributed by atoms with Crippen molar-refractivity contribution in [3.8, 4) is 0 Å². The predicted molar refractivity (Wildman–Crippen MR) is 64.0 cm³/mol. The van der Waals surface area contributed by atoms with Crippen LogP contribution < -0.4 is 5.56 Å². The van der Waals surface area contributed by atoms with Gasteiger partial charge in [0.2, 0.25) is 0 Å². The SMILES string of the molecule is CN(C(=O)c1ccc(=O)[nH]n1)[C@H]1CCS(=O)(=O)C1. The van der Waals surface area contributed by atoms with Crippen molar-refractivity contribution in [2.45, 2.75) is 12.5 Å². The Morgan fingerprint density at radius 1 is 1.50 bits per heavy atom. The summed E-state index contributed by atoms with van der Waals surface area (Å²) in [4.78, 5) is 24.2. The molecule has 1 atom stereocenters. The molecule has 0 aliphatic carbocycles. The molecule has 0 unspecified atom stereocenters. The average molecular weight is 271 g/mol. The summed E-state index contributed by atoms with van der Waals surface area (Å²) >= 11 is 0. The molecule has 18 heavy (non-hydrogen) atoms. The van der Waals surface area contributed by atoms with Crippen LogP contribution in [0.15, 0.2) is 16.9 Å². The zero-order valence-corrected chi connectivity index (χ0v) is 10.6. The van der Waals surface area contributed by atoms with Gasteiger partial charge in [0.05, 0.1) is 11.5 Å². The van der Waals surface area contributed by atoms with E-state index in [4.69, 9.17) is 0 Å². The molecule has 2 rings (SSSR count). The van der Waals surface area contributed by atoms with Crippen molar-refractivity contribution in [3.63, 3.8) is 0 Å². The summed E-state index contributed by atoms with van der Waals surface area (Å²) in [5.74, 6) is -0.305. The Morgan fingerprint density at radius 3 is 2.72 bits per heavy atom. The zero-order valence-electron chi connectivity index (χ0n) is 9.79. The minimum atomic E-state index is -3.04. The molecule has 0 spiro atoms. The largest absolute Gasteiger partial charge is 0.336 e. The van der Waals surface area contributed by atoms with E-state index in [0.717, 1.165) is 0 Å². The lowest BCUT2D eigenvalue weighted by molar-refractivity contribution is 0.0740. The van der Waals surface area contributed by atoms with Crippen molar-refractivity contribution in [1.82, 2.24) is 15.1 Å². The molecule has 98 valence electrons. The van der Waals surface area contributed by atoms with Gasteiger partial charge in [-0.2, -0.15) is 5.10 Å². The number of nitrogens with one attached hydrogen (secondary N) is 1. The number of hydrogen-bond donors (Lipinski definition) is 1. The molecule has 1 amide bonds. The van der Waals surface area contributed by atoms with Gasteiger partial charge in [0.15, 0.2) is 9.84 Å². The fraction of sp³-hybridized carbons (Fsp3) is 0.500. The molecule has 2 heterocycles. The molecule has 1 aliphatic heterocycles. The second-order valence-electron chi connectivity index (χ2n) is 4.28. The maximum absolute atomic E-state index is 12.0. The standard InChI is InChI=1S/C10H13N3O4S/c1-13(7-4-5-18(16,17)6-7)10(15)8-2-3-9(14)12-11-8/h2-3,7H,4-6H2,1H3,(H,12,14)/t7-/m0/s1. The first-order chi connectivity index (χ1) is 8.39. The van der Waals surface area contributed by atoms with Crippen LogP contribution in [0.25, 0.3) is 0 Å². The molecule has 7 nitrogen and oxygen atoms in total. The lowest BCUT2D eigenvalue weighted by Crippen LogP contribution is -2.38. The van der Waals surface area contributed by atoms with Crippen molar-refractivity contribution < 1.29 is 13.2 Å². The van der Waals surface area contributed by atoms with Gasteiger partial charge in [-0.15, -0.1) is 0 Å². The molecule has 0 radical (unpaired) electrons. The number of rotatable bonds is 2. The monoisotopic (exact) mass is 271 g/mol. The van der Waals surface area contributed by atoms with E-state index in [-0.39, 0.29) is 23.2 Å².